The van der Waals surface area contributed by atoms with Gasteiger partial charge in [-0.05, 0) is 18.9 Å². The van der Waals surface area contributed by atoms with Crippen LogP contribution in [0.25, 0.3) is 17.3 Å². The van der Waals surface area contributed by atoms with Crippen molar-refractivity contribution >= 4 is 6.08 Å². The molecule has 0 saturated carbocycles. The zero-order valence-electron chi connectivity index (χ0n) is 11.5. The predicted molar refractivity (Wildman–Crippen MR) is 82.8 cm³/mol. The Morgan fingerprint density at radius 3 is 2.63 bits per heavy atom. The molecular formula is C18H21N. The molecule has 0 radical (unpaired) electrons. The van der Waals surface area contributed by atoms with Crippen molar-refractivity contribution < 1.29 is 0 Å². The van der Waals surface area contributed by atoms with Gasteiger partial charge in [-0.3, -0.25) is 4.98 Å². The molecule has 1 heteroatoms. The zero-order valence-corrected chi connectivity index (χ0v) is 11.5. The fraction of sp³-hybridized carbons (Fsp3) is 0.278. The van der Waals surface area contributed by atoms with Crippen molar-refractivity contribution in [2.75, 3.05) is 0 Å². The van der Waals surface area contributed by atoms with E-state index in [1.165, 1.54) is 30.4 Å². The maximum absolute atomic E-state index is 4.51. The lowest BCUT2D eigenvalue weighted by atomic mass is 10.0. The van der Waals surface area contributed by atoms with Crippen LogP contribution in [0.4, 0.5) is 0 Å². The highest BCUT2D eigenvalue weighted by molar-refractivity contribution is 5.71. The Bertz CT molecular complexity index is 514. The van der Waals surface area contributed by atoms with Crippen molar-refractivity contribution in [2.45, 2.75) is 32.6 Å². The molecule has 19 heavy (non-hydrogen) atoms. The largest absolute Gasteiger partial charge is 0.256 e. The van der Waals surface area contributed by atoms with E-state index in [1.807, 2.05) is 18.3 Å². The third kappa shape index (κ3) is 4.06. The Labute approximate surface area is 116 Å². The van der Waals surface area contributed by atoms with Gasteiger partial charge in [0.2, 0.25) is 0 Å². The first-order valence-electron chi connectivity index (χ1n) is 7.09. The number of hydrogen-bond donors (Lipinski definition) is 0. The van der Waals surface area contributed by atoms with Crippen LogP contribution in [0, 0.1) is 0 Å². The first kappa shape index (κ1) is 13.5. The molecule has 0 amide bonds. The molecule has 0 aliphatic heterocycles. The molecule has 0 aliphatic carbocycles. The van der Waals surface area contributed by atoms with E-state index in [-0.39, 0.29) is 0 Å². The van der Waals surface area contributed by atoms with Gasteiger partial charge in [-0.2, -0.15) is 0 Å². The minimum atomic E-state index is 1.06. The van der Waals surface area contributed by atoms with Gasteiger partial charge in [-0.25, -0.2) is 0 Å². The number of pyridine rings is 1. The van der Waals surface area contributed by atoms with Crippen LogP contribution in [0.3, 0.4) is 0 Å². The number of aromatic nitrogens is 1. The fourth-order valence-corrected chi connectivity index (χ4v) is 2.11. The molecule has 0 atom stereocenters. The van der Waals surface area contributed by atoms with Gasteiger partial charge < -0.3 is 0 Å². The van der Waals surface area contributed by atoms with E-state index < -0.39 is 0 Å². The van der Waals surface area contributed by atoms with Gasteiger partial charge in [-0.15, -0.1) is 0 Å². The van der Waals surface area contributed by atoms with Crippen LogP contribution in [0.15, 0.2) is 54.7 Å². The number of benzene rings is 1. The third-order valence-electron chi connectivity index (χ3n) is 3.16. The molecule has 1 nitrogen and oxygen atoms in total. The molecule has 0 spiro atoms. The molecule has 1 aromatic carbocycles. The van der Waals surface area contributed by atoms with Gasteiger partial charge >= 0.3 is 0 Å². The van der Waals surface area contributed by atoms with Crippen molar-refractivity contribution in [3.05, 3.63) is 60.3 Å². The van der Waals surface area contributed by atoms with Crippen LogP contribution in [-0.4, -0.2) is 4.98 Å². The summed E-state index contributed by atoms with van der Waals surface area (Å²) >= 11 is 0. The number of allylic oxidation sites excluding steroid dienone is 1. The van der Waals surface area contributed by atoms with Crippen molar-refractivity contribution in [1.82, 2.24) is 4.98 Å². The quantitative estimate of drug-likeness (QED) is 0.631. The summed E-state index contributed by atoms with van der Waals surface area (Å²) in [5.41, 5.74) is 3.44. The summed E-state index contributed by atoms with van der Waals surface area (Å²) < 4.78 is 0. The van der Waals surface area contributed by atoms with Gasteiger partial charge in [0.15, 0.2) is 0 Å². The highest BCUT2D eigenvalue weighted by Crippen LogP contribution is 2.22. The van der Waals surface area contributed by atoms with Crippen LogP contribution in [0.5, 0.6) is 0 Å². The monoisotopic (exact) mass is 251 g/mol. The van der Waals surface area contributed by atoms with Crippen molar-refractivity contribution in [3.8, 4) is 11.3 Å². The topological polar surface area (TPSA) is 12.9 Å². The van der Waals surface area contributed by atoms with Crippen LogP contribution in [0.1, 0.15) is 38.2 Å². The first-order valence-corrected chi connectivity index (χ1v) is 7.09. The van der Waals surface area contributed by atoms with Crippen LogP contribution >= 0.6 is 0 Å². The van der Waals surface area contributed by atoms with E-state index in [2.05, 4.69) is 54.4 Å². The highest BCUT2D eigenvalue weighted by Gasteiger charge is 2.02. The fourth-order valence-electron chi connectivity index (χ4n) is 2.11. The summed E-state index contributed by atoms with van der Waals surface area (Å²) in [4.78, 5) is 4.51. The molecule has 0 fully saturated rings. The molecule has 0 bridgehead atoms. The second kappa shape index (κ2) is 7.52. The predicted octanol–water partition coefficient (Wildman–Crippen LogP) is 5.34. The highest BCUT2D eigenvalue weighted by atomic mass is 14.7. The second-order valence-electron chi connectivity index (χ2n) is 4.71. The molecule has 1 heterocycles. The van der Waals surface area contributed by atoms with E-state index in [9.17, 15) is 0 Å². The summed E-state index contributed by atoms with van der Waals surface area (Å²) in [6.07, 6.45) is 11.3. The standard InChI is InChI=1S/C18H21N/c1-2-3-4-5-7-11-17-14-10-15-19-18(17)16-12-8-6-9-13-16/h6-15H,2-5H2,1H3/b11-7+. The lowest BCUT2D eigenvalue weighted by Crippen LogP contribution is -1.86. The number of nitrogens with zero attached hydrogens (tertiary/aromatic N) is 1. The first-order chi connectivity index (χ1) is 9.42. The van der Waals surface area contributed by atoms with E-state index in [0.717, 1.165) is 12.1 Å². The number of hydrogen-bond acceptors (Lipinski definition) is 1. The smallest absolute Gasteiger partial charge is 0.0774 e. The third-order valence-corrected chi connectivity index (χ3v) is 3.16. The second-order valence-corrected chi connectivity index (χ2v) is 4.71. The van der Waals surface area contributed by atoms with Gasteiger partial charge in [0.1, 0.15) is 0 Å². The number of rotatable bonds is 6. The maximum Gasteiger partial charge on any atom is 0.0774 e. The Hall–Kier alpha value is -1.89. The summed E-state index contributed by atoms with van der Waals surface area (Å²) in [7, 11) is 0. The summed E-state index contributed by atoms with van der Waals surface area (Å²) in [5, 5.41) is 0. The van der Waals surface area contributed by atoms with Crippen LogP contribution in [-0.2, 0) is 0 Å². The normalized spacial score (nSPS) is 11.0. The molecule has 98 valence electrons. The summed E-state index contributed by atoms with van der Waals surface area (Å²) in [6, 6.07) is 14.5. The maximum atomic E-state index is 4.51. The van der Waals surface area contributed by atoms with Gasteiger partial charge in [0.25, 0.3) is 0 Å². The van der Waals surface area contributed by atoms with E-state index >= 15 is 0 Å². The summed E-state index contributed by atoms with van der Waals surface area (Å²) in [6.45, 7) is 2.23. The molecule has 1 aromatic heterocycles. The zero-order chi connectivity index (χ0) is 13.3. The average Bonchev–Trinajstić information content (AvgIpc) is 2.48. The molecule has 0 unspecified atom stereocenters. The Morgan fingerprint density at radius 2 is 1.84 bits per heavy atom. The molecule has 2 rings (SSSR count). The van der Waals surface area contributed by atoms with Crippen LogP contribution < -0.4 is 0 Å². The Morgan fingerprint density at radius 1 is 1.00 bits per heavy atom. The average molecular weight is 251 g/mol. The molecule has 2 aromatic rings. The lowest BCUT2D eigenvalue weighted by Gasteiger charge is -2.04. The minimum absolute atomic E-state index is 1.06. The molecule has 0 saturated heterocycles. The van der Waals surface area contributed by atoms with Crippen molar-refractivity contribution in [2.24, 2.45) is 0 Å². The van der Waals surface area contributed by atoms with Crippen LogP contribution in [0.2, 0.25) is 0 Å². The van der Waals surface area contributed by atoms with Gasteiger partial charge in [0.05, 0.1) is 5.69 Å². The number of unbranched alkanes of at least 4 members (excludes halogenated alkanes) is 3. The van der Waals surface area contributed by atoms with Gasteiger partial charge in [0, 0.05) is 17.3 Å². The van der Waals surface area contributed by atoms with Gasteiger partial charge in [-0.1, -0.05) is 68.3 Å². The summed E-state index contributed by atoms with van der Waals surface area (Å²) in [5.74, 6) is 0. The molecule has 0 N–H and O–H groups in total. The van der Waals surface area contributed by atoms with E-state index in [1.54, 1.807) is 0 Å². The lowest BCUT2D eigenvalue weighted by molar-refractivity contribution is 0.730. The molecule has 0 aliphatic rings. The van der Waals surface area contributed by atoms with E-state index in [0.29, 0.717) is 0 Å². The SMILES string of the molecule is CCCCC/C=C/c1cccnc1-c1ccccc1. The van der Waals surface area contributed by atoms with Crippen molar-refractivity contribution in [1.29, 1.82) is 0 Å². The Kier molecular flexibility index (Phi) is 5.36. The molecular weight excluding hydrogens is 230 g/mol. The van der Waals surface area contributed by atoms with Crippen molar-refractivity contribution in [3.63, 3.8) is 0 Å². The Balaban J connectivity index is 2.13. The van der Waals surface area contributed by atoms with E-state index in [4.69, 9.17) is 0 Å². The minimum Gasteiger partial charge on any atom is -0.256 e.